The third-order valence-corrected chi connectivity index (χ3v) is 13.2. The fraction of sp³-hybridized carbons (Fsp3) is 0.600. The van der Waals surface area contributed by atoms with E-state index in [1.165, 1.54) is 34.0 Å². The normalized spacial score (nSPS) is 16.2. The second kappa shape index (κ2) is 8.10. The smallest absolute Gasteiger partial charge is 0.122 e. The summed E-state index contributed by atoms with van der Waals surface area (Å²) in [4.78, 5) is 0. The van der Waals surface area contributed by atoms with Crippen LogP contribution in [-0.2, 0) is 5.41 Å². The van der Waals surface area contributed by atoms with Gasteiger partial charge >= 0.3 is 0 Å². The molecule has 0 saturated carbocycles. The number of benzene rings is 1. The Bertz CT molecular complexity index is 781. The van der Waals surface area contributed by atoms with E-state index in [-0.39, 0.29) is 5.41 Å². The summed E-state index contributed by atoms with van der Waals surface area (Å²) in [5.74, 6) is 2.04. The van der Waals surface area contributed by atoms with Crippen LogP contribution in [0.2, 0.25) is 17.6 Å². The van der Waals surface area contributed by atoms with Gasteiger partial charge in [-0.1, -0.05) is 57.9 Å². The lowest BCUT2D eigenvalue weighted by molar-refractivity contribution is 0.391. The molecule has 1 aromatic carbocycles. The van der Waals surface area contributed by atoms with E-state index < -0.39 is 8.07 Å². The first-order valence-corrected chi connectivity index (χ1v) is 13.1. The molecule has 0 aliphatic heterocycles. The Morgan fingerprint density at radius 3 is 1.71 bits per heavy atom. The monoisotopic (exact) mass is 400 g/mol. The van der Waals surface area contributed by atoms with Crippen molar-refractivity contribution in [2.75, 3.05) is 14.2 Å². The topological polar surface area (TPSA) is 18.5 Å². The third-order valence-electron chi connectivity index (χ3n) is 7.27. The van der Waals surface area contributed by atoms with E-state index in [1.54, 1.807) is 18.3 Å². The molecule has 1 aliphatic carbocycles. The minimum atomic E-state index is -1.94. The maximum Gasteiger partial charge on any atom is 0.122 e. The Hall–Kier alpha value is -1.48. The van der Waals surface area contributed by atoms with Crippen molar-refractivity contribution in [2.45, 2.75) is 85.4 Å². The van der Waals surface area contributed by atoms with Crippen LogP contribution in [0.1, 0.15) is 67.9 Å². The van der Waals surface area contributed by atoms with Crippen LogP contribution < -0.4 is 14.7 Å². The molecule has 2 nitrogen and oxygen atoms in total. The molecule has 0 fully saturated rings. The van der Waals surface area contributed by atoms with E-state index in [1.807, 2.05) is 7.11 Å². The van der Waals surface area contributed by atoms with Crippen LogP contribution in [0.15, 0.2) is 34.4 Å². The summed E-state index contributed by atoms with van der Waals surface area (Å²) < 4.78 is 11.9. The van der Waals surface area contributed by atoms with Crippen LogP contribution in [0, 0.1) is 0 Å². The zero-order valence-corrected chi connectivity index (χ0v) is 21.0. The first-order valence-electron chi connectivity index (χ1n) is 10.6. The molecule has 28 heavy (non-hydrogen) atoms. The van der Waals surface area contributed by atoms with Gasteiger partial charge < -0.3 is 9.47 Å². The van der Waals surface area contributed by atoms with Gasteiger partial charge in [0.1, 0.15) is 19.6 Å². The fourth-order valence-corrected chi connectivity index (χ4v) is 10.8. The minimum absolute atomic E-state index is 0.00642. The van der Waals surface area contributed by atoms with Crippen molar-refractivity contribution in [3.8, 4) is 11.5 Å². The van der Waals surface area contributed by atoms with Crippen molar-refractivity contribution in [1.29, 1.82) is 0 Å². The molecule has 1 aromatic rings. The van der Waals surface area contributed by atoms with Gasteiger partial charge in [-0.2, -0.15) is 0 Å². The van der Waals surface area contributed by atoms with Gasteiger partial charge in [0.15, 0.2) is 0 Å². The third kappa shape index (κ3) is 3.47. The molecule has 0 amide bonds. The number of allylic oxidation sites excluding steroid dienone is 4. The maximum atomic E-state index is 6.14. The quantitative estimate of drug-likeness (QED) is 0.491. The molecule has 2 rings (SSSR count). The van der Waals surface area contributed by atoms with Crippen LogP contribution in [0.25, 0.3) is 0 Å². The highest BCUT2D eigenvalue weighted by Crippen LogP contribution is 2.50. The molecule has 156 valence electrons. The van der Waals surface area contributed by atoms with Crippen LogP contribution >= 0.6 is 0 Å². The van der Waals surface area contributed by atoms with E-state index >= 15 is 0 Å². The van der Waals surface area contributed by atoms with Gasteiger partial charge in [-0.3, -0.25) is 0 Å². The van der Waals surface area contributed by atoms with Crippen molar-refractivity contribution in [2.24, 2.45) is 0 Å². The van der Waals surface area contributed by atoms with E-state index in [0.29, 0.717) is 5.54 Å². The Labute approximate surface area is 174 Å². The summed E-state index contributed by atoms with van der Waals surface area (Å²) in [5.41, 5.74) is 7.88. The number of hydrogen-bond donors (Lipinski definition) is 0. The molecular formula is C25H40O2Si. The van der Waals surface area contributed by atoms with Crippen LogP contribution in [0.4, 0.5) is 0 Å². The second-order valence-corrected chi connectivity index (χ2v) is 14.3. The van der Waals surface area contributed by atoms with Gasteiger partial charge in [0.05, 0.1) is 14.2 Å². The molecule has 3 heteroatoms. The predicted molar refractivity (Wildman–Crippen MR) is 125 cm³/mol. The average molecular weight is 401 g/mol. The Balaban J connectivity index is 2.92. The molecule has 0 radical (unpaired) electrons. The first-order chi connectivity index (χ1) is 13.0. The van der Waals surface area contributed by atoms with Gasteiger partial charge in [0, 0.05) is 11.1 Å². The number of hydrogen-bond acceptors (Lipinski definition) is 2. The first kappa shape index (κ1) is 22.8. The fourth-order valence-electron chi connectivity index (χ4n) is 5.24. The molecule has 0 aromatic heterocycles. The van der Waals surface area contributed by atoms with E-state index in [2.05, 4.69) is 74.4 Å². The highest BCUT2D eigenvalue weighted by molar-refractivity contribution is 6.94. The van der Waals surface area contributed by atoms with Crippen LogP contribution in [0.5, 0.6) is 11.5 Å². The lowest BCUT2D eigenvalue weighted by atomic mass is 9.86. The van der Waals surface area contributed by atoms with Gasteiger partial charge in [0.2, 0.25) is 0 Å². The highest BCUT2D eigenvalue weighted by atomic mass is 28.3. The number of ether oxygens (including phenoxy) is 2. The van der Waals surface area contributed by atoms with Crippen molar-refractivity contribution in [3.05, 3.63) is 40.0 Å². The summed E-state index contributed by atoms with van der Waals surface area (Å²) in [7, 11) is 1.67. The Kier molecular flexibility index (Phi) is 6.60. The largest absolute Gasteiger partial charge is 0.497 e. The zero-order chi connectivity index (χ0) is 21.4. The van der Waals surface area contributed by atoms with Crippen molar-refractivity contribution in [3.63, 3.8) is 0 Å². The van der Waals surface area contributed by atoms with Crippen molar-refractivity contribution < 1.29 is 9.47 Å². The van der Waals surface area contributed by atoms with E-state index in [9.17, 15) is 0 Å². The lowest BCUT2D eigenvalue weighted by Crippen LogP contribution is -2.52. The van der Waals surface area contributed by atoms with Gasteiger partial charge in [-0.05, 0) is 61.6 Å². The molecule has 0 bridgehead atoms. The summed E-state index contributed by atoms with van der Waals surface area (Å²) >= 11 is 0. The molecule has 0 heterocycles. The maximum absolute atomic E-state index is 6.14. The second-order valence-electron chi connectivity index (χ2n) is 9.42. The average Bonchev–Trinajstić information content (AvgIpc) is 2.86. The SMILES string of the molecule is CC[Si](CC)(c1cc(OC)cc(C(C)(C)C)c1OC)C1C(C)=C(C)C(C)=C1C. The Morgan fingerprint density at radius 1 is 0.857 bits per heavy atom. The van der Waals surface area contributed by atoms with Crippen LogP contribution in [0.3, 0.4) is 0 Å². The molecule has 0 spiro atoms. The highest BCUT2D eigenvalue weighted by Gasteiger charge is 2.47. The minimum Gasteiger partial charge on any atom is -0.497 e. The van der Waals surface area contributed by atoms with Gasteiger partial charge in [-0.25, -0.2) is 0 Å². The summed E-state index contributed by atoms with van der Waals surface area (Å²) in [6, 6.07) is 6.84. The number of methoxy groups -OCH3 is 2. The molecule has 0 atom stereocenters. The van der Waals surface area contributed by atoms with Gasteiger partial charge in [-0.15, -0.1) is 0 Å². The molecule has 0 saturated heterocycles. The van der Waals surface area contributed by atoms with Crippen molar-refractivity contribution in [1.82, 2.24) is 0 Å². The summed E-state index contributed by atoms with van der Waals surface area (Å²) in [5, 5.41) is 1.43. The molecule has 0 unspecified atom stereocenters. The van der Waals surface area contributed by atoms with Crippen molar-refractivity contribution >= 4 is 13.3 Å². The Morgan fingerprint density at radius 2 is 1.36 bits per heavy atom. The lowest BCUT2D eigenvalue weighted by Gasteiger charge is -2.40. The van der Waals surface area contributed by atoms with E-state index in [0.717, 1.165) is 11.5 Å². The molecular weight excluding hydrogens is 360 g/mol. The predicted octanol–water partition coefficient (Wildman–Crippen LogP) is 6.75. The standard InChI is InChI=1S/C25H40O2Si/c1-12-28(13-2,24-18(5)16(3)17(4)19(24)6)22-15-20(26-10)14-21(23(22)27-11)25(7,8)9/h14-15,24H,12-13H2,1-11H3. The van der Waals surface area contributed by atoms with E-state index in [4.69, 9.17) is 9.47 Å². The molecule has 0 N–H and O–H groups in total. The number of rotatable bonds is 6. The summed E-state index contributed by atoms with van der Waals surface area (Å²) in [6.45, 7) is 20.8. The van der Waals surface area contributed by atoms with Gasteiger partial charge in [0.25, 0.3) is 0 Å². The zero-order valence-electron chi connectivity index (χ0n) is 20.0. The molecule has 1 aliphatic rings. The van der Waals surface area contributed by atoms with Crippen LogP contribution in [-0.4, -0.2) is 22.3 Å². The summed E-state index contributed by atoms with van der Waals surface area (Å²) in [6.07, 6.45) is 0.